The zero-order chi connectivity index (χ0) is 19.0. The highest BCUT2D eigenvalue weighted by atomic mass is 79.9. The summed E-state index contributed by atoms with van der Waals surface area (Å²) in [5, 5.41) is 3.86. The van der Waals surface area contributed by atoms with E-state index in [1.165, 1.54) is 4.31 Å². The standard InChI is InChI=1S/C20H16BrClN2O2S/c21-15-11-9-14(10-12-15)13-24-20(16-5-1-2-6-17(16)22)23-18-7-3-4-8-19(18)27(24,25)26/h1-12,20,23H,13H2. The smallest absolute Gasteiger partial charge is 0.247 e. The first-order chi connectivity index (χ1) is 13.0. The summed E-state index contributed by atoms with van der Waals surface area (Å²) in [6.07, 6.45) is -0.595. The summed E-state index contributed by atoms with van der Waals surface area (Å²) in [7, 11) is -3.70. The van der Waals surface area contributed by atoms with E-state index in [0.717, 1.165) is 10.0 Å². The minimum Gasteiger partial charge on any atom is -0.364 e. The third-order valence-corrected chi connectivity index (χ3v) is 7.25. The van der Waals surface area contributed by atoms with Crippen molar-refractivity contribution in [1.82, 2.24) is 4.31 Å². The summed E-state index contributed by atoms with van der Waals surface area (Å²) < 4.78 is 29.2. The summed E-state index contributed by atoms with van der Waals surface area (Å²) in [5.41, 5.74) is 2.18. The van der Waals surface area contributed by atoms with Gasteiger partial charge < -0.3 is 5.32 Å². The van der Waals surface area contributed by atoms with E-state index in [0.29, 0.717) is 16.3 Å². The molecule has 0 spiro atoms. The topological polar surface area (TPSA) is 49.4 Å². The van der Waals surface area contributed by atoms with Gasteiger partial charge in [-0.05, 0) is 35.9 Å². The SMILES string of the molecule is O=S1(=O)c2ccccc2NC(c2ccccc2Cl)N1Cc1ccc(Br)cc1. The fourth-order valence-corrected chi connectivity index (χ4v) is 5.35. The first-order valence-corrected chi connectivity index (χ1v) is 10.9. The molecule has 0 saturated heterocycles. The van der Waals surface area contributed by atoms with Crippen molar-refractivity contribution in [2.45, 2.75) is 17.6 Å². The Morgan fingerprint density at radius 2 is 1.63 bits per heavy atom. The van der Waals surface area contributed by atoms with Gasteiger partial charge in [0, 0.05) is 21.6 Å². The van der Waals surface area contributed by atoms with E-state index in [9.17, 15) is 8.42 Å². The Bertz CT molecular complexity index is 1090. The molecule has 0 aromatic heterocycles. The molecule has 1 N–H and O–H groups in total. The van der Waals surface area contributed by atoms with Crippen LogP contribution in [0.2, 0.25) is 5.02 Å². The summed E-state index contributed by atoms with van der Waals surface area (Å²) in [6.45, 7) is 0.229. The number of sulfonamides is 1. The van der Waals surface area contributed by atoms with Crippen molar-refractivity contribution in [2.24, 2.45) is 0 Å². The summed E-state index contributed by atoms with van der Waals surface area (Å²) in [5.74, 6) is 0. The fourth-order valence-electron chi connectivity index (χ4n) is 3.17. The second kappa shape index (κ2) is 7.28. The third kappa shape index (κ3) is 3.50. The molecule has 0 aliphatic carbocycles. The molecule has 3 aromatic carbocycles. The van der Waals surface area contributed by atoms with Gasteiger partial charge in [-0.2, -0.15) is 4.31 Å². The Morgan fingerprint density at radius 3 is 2.37 bits per heavy atom. The van der Waals surface area contributed by atoms with Crippen molar-refractivity contribution in [3.8, 4) is 0 Å². The number of benzene rings is 3. The number of nitrogens with one attached hydrogen (secondary N) is 1. The van der Waals surface area contributed by atoms with Gasteiger partial charge in [0.15, 0.2) is 0 Å². The molecular weight excluding hydrogens is 448 g/mol. The molecule has 27 heavy (non-hydrogen) atoms. The van der Waals surface area contributed by atoms with E-state index in [-0.39, 0.29) is 11.4 Å². The predicted octanol–water partition coefficient (Wildman–Crippen LogP) is 5.42. The maximum atomic E-state index is 13.4. The average molecular weight is 464 g/mol. The van der Waals surface area contributed by atoms with Crippen LogP contribution in [0.5, 0.6) is 0 Å². The number of rotatable bonds is 3. The Kier molecular flexibility index (Phi) is 4.99. The first-order valence-electron chi connectivity index (χ1n) is 8.33. The number of hydrogen-bond acceptors (Lipinski definition) is 3. The van der Waals surface area contributed by atoms with Crippen LogP contribution in [0.4, 0.5) is 5.69 Å². The normalized spacial score (nSPS) is 18.5. The van der Waals surface area contributed by atoms with Crippen molar-refractivity contribution < 1.29 is 8.42 Å². The van der Waals surface area contributed by atoms with Crippen LogP contribution in [-0.2, 0) is 16.6 Å². The van der Waals surface area contributed by atoms with E-state index in [1.807, 2.05) is 48.5 Å². The van der Waals surface area contributed by atoms with Gasteiger partial charge in [0.1, 0.15) is 11.1 Å². The summed E-state index contributed by atoms with van der Waals surface area (Å²) in [4.78, 5) is 0.269. The quantitative estimate of drug-likeness (QED) is 0.564. The van der Waals surface area contributed by atoms with Crippen LogP contribution in [0.15, 0.2) is 82.2 Å². The Hall–Kier alpha value is -1.86. The number of fused-ring (bicyclic) bond motifs is 1. The van der Waals surface area contributed by atoms with Crippen molar-refractivity contribution in [3.63, 3.8) is 0 Å². The van der Waals surface area contributed by atoms with Gasteiger partial charge in [-0.15, -0.1) is 0 Å². The van der Waals surface area contributed by atoms with Crippen molar-refractivity contribution in [3.05, 3.63) is 93.4 Å². The number of anilines is 1. The van der Waals surface area contributed by atoms with Crippen LogP contribution >= 0.6 is 27.5 Å². The van der Waals surface area contributed by atoms with Crippen LogP contribution in [0.25, 0.3) is 0 Å². The molecular formula is C20H16BrClN2O2S. The maximum absolute atomic E-state index is 13.4. The number of halogens is 2. The maximum Gasteiger partial charge on any atom is 0.247 e. The molecule has 1 unspecified atom stereocenters. The minimum atomic E-state index is -3.70. The monoisotopic (exact) mass is 462 g/mol. The molecule has 138 valence electrons. The molecule has 7 heteroatoms. The van der Waals surface area contributed by atoms with Gasteiger partial charge in [0.2, 0.25) is 10.0 Å². The number of para-hydroxylation sites is 1. The Labute approximate surface area is 172 Å². The lowest BCUT2D eigenvalue weighted by Crippen LogP contribution is -2.42. The van der Waals surface area contributed by atoms with E-state index < -0.39 is 16.2 Å². The average Bonchev–Trinajstić information content (AvgIpc) is 2.66. The highest BCUT2D eigenvalue weighted by Crippen LogP contribution is 2.40. The van der Waals surface area contributed by atoms with Crippen molar-refractivity contribution in [1.29, 1.82) is 0 Å². The lowest BCUT2D eigenvalue weighted by molar-refractivity contribution is 0.336. The van der Waals surface area contributed by atoms with Gasteiger partial charge in [-0.3, -0.25) is 0 Å². The molecule has 4 rings (SSSR count). The fraction of sp³-hybridized carbons (Fsp3) is 0.100. The predicted molar refractivity (Wildman–Crippen MR) is 111 cm³/mol. The van der Waals surface area contributed by atoms with Crippen molar-refractivity contribution in [2.75, 3.05) is 5.32 Å². The van der Waals surface area contributed by atoms with Gasteiger partial charge in [0.25, 0.3) is 0 Å². The van der Waals surface area contributed by atoms with E-state index in [1.54, 1.807) is 24.3 Å². The molecule has 1 atom stereocenters. The lowest BCUT2D eigenvalue weighted by Gasteiger charge is -2.37. The first kappa shape index (κ1) is 18.5. The van der Waals surface area contributed by atoms with Crippen molar-refractivity contribution >= 4 is 43.2 Å². The molecule has 1 heterocycles. The van der Waals surface area contributed by atoms with Crippen LogP contribution in [-0.4, -0.2) is 12.7 Å². The Morgan fingerprint density at radius 1 is 0.963 bits per heavy atom. The Balaban J connectivity index is 1.84. The molecule has 0 fully saturated rings. The van der Waals surface area contributed by atoms with E-state index in [2.05, 4.69) is 21.2 Å². The van der Waals surface area contributed by atoms with E-state index >= 15 is 0 Å². The molecule has 0 radical (unpaired) electrons. The molecule has 1 aliphatic heterocycles. The highest BCUT2D eigenvalue weighted by molar-refractivity contribution is 9.10. The van der Waals surface area contributed by atoms with Gasteiger partial charge in [-0.1, -0.05) is 70.0 Å². The zero-order valence-corrected chi connectivity index (χ0v) is 17.3. The summed E-state index contributed by atoms with van der Waals surface area (Å²) in [6, 6.07) is 21.8. The highest BCUT2D eigenvalue weighted by Gasteiger charge is 2.39. The molecule has 1 aliphatic rings. The molecule has 0 bridgehead atoms. The third-order valence-electron chi connectivity index (χ3n) is 4.51. The second-order valence-electron chi connectivity index (χ2n) is 6.24. The minimum absolute atomic E-state index is 0.229. The van der Waals surface area contributed by atoms with Gasteiger partial charge in [0.05, 0.1) is 5.69 Å². The molecule has 0 amide bonds. The second-order valence-corrected chi connectivity index (χ2v) is 9.42. The van der Waals surface area contributed by atoms with Gasteiger partial charge in [-0.25, -0.2) is 8.42 Å². The molecule has 0 saturated carbocycles. The van der Waals surface area contributed by atoms with Crippen LogP contribution in [0.1, 0.15) is 17.3 Å². The van der Waals surface area contributed by atoms with Crippen LogP contribution < -0.4 is 5.32 Å². The number of nitrogens with zero attached hydrogens (tertiary/aromatic N) is 1. The largest absolute Gasteiger partial charge is 0.364 e. The molecule has 3 aromatic rings. The summed E-state index contributed by atoms with van der Waals surface area (Å²) >= 11 is 9.81. The van der Waals surface area contributed by atoms with Crippen LogP contribution in [0.3, 0.4) is 0 Å². The van der Waals surface area contributed by atoms with E-state index in [4.69, 9.17) is 11.6 Å². The lowest BCUT2D eigenvalue weighted by atomic mass is 10.1. The zero-order valence-electron chi connectivity index (χ0n) is 14.1. The molecule has 4 nitrogen and oxygen atoms in total. The number of hydrogen-bond donors (Lipinski definition) is 1. The van der Waals surface area contributed by atoms with Gasteiger partial charge >= 0.3 is 0 Å². The van der Waals surface area contributed by atoms with Crippen LogP contribution in [0, 0.1) is 0 Å².